The van der Waals surface area contributed by atoms with Crippen LogP contribution in [0.4, 0.5) is 13.2 Å². The molecule has 1 unspecified atom stereocenters. The van der Waals surface area contributed by atoms with Crippen LogP contribution < -0.4 is 15.6 Å². The molecule has 1 fully saturated rings. The molecule has 200 valence electrons. The first kappa shape index (κ1) is 25.5. The van der Waals surface area contributed by atoms with E-state index in [1.165, 1.54) is 49.7 Å². The highest BCUT2D eigenvalue weighted by atomic mass is 19.1. The minimum Gasteiger partial charge on any atom is -0.355 e. The van der Waals surface area contributed by atoms with Gasteiger partial charge in [-0.1, -0.05) is 35.4 Å². The molecule has 2 aliphatic heterocycles. The lowest BCUT2D eigenvalue weighted by atomic mass is 9.95. The second kappa shape index (κ2) is 9.77. The van der Waals surface area contributed by atoms with Crippen LogP contribution in [-0.2, 0) is 10.3 Å². The second-order valence-corrected chi connectivity index (χ2v) is 9.87. The normalized spacial score (nSPS) is 18.8. The molecule has 0 saturated heterocycles. The molecule has 40 heavy (non-hydrogen) atoms. The van der Waals surface area contributed by atoms with Gasteiger partial charge in [-0.15, -0.1) is 5.01 Å². The van der Waals surface area contributed by atoms with Gasteiger partial charge in [0.25, 0.3) is 11.8 Å². The molecule has 6 rings (SSSR count). The van der Waals surface area contributed by atoms with E-state index in [4.69, 9.17) is 0 Å². The molecular formula is C31H24F3N4O2+. The lowest BCUT2D eigenvalue weighted by Gasteiger charge is -2.19. The molecule has 1 aliphatic carbocycles. The standard InChI is InChI=1S/C31H23F3N4O2/c1-35-30(40)25-27(18-7-9-22(32)10-8-18)37-38-14-11-24(26(34)28(25)38)19-15-20(17-23(33)16-19)29(39)36-31(12-13-31)21-5-3-2-4-6-21/h2-11,14-17H,12-13H2,1H3,(H,35,40)(H,36,39)/p+1. The minimum absolute atomic E-state index is 0.00783. The molecule has 3 aromatic carbocycles. The average molecular weight is 542 g/mol. The fourth-order valence-electron chi connectivity index (χ4n) is 5.11. The predicted octanol–water partition coefficient (Wildman–Crippen LogP) is 3.89. The van der Waals surface area contributed by atoms with Crippen LogP contribution in [0.25, 0.3) is 5.57 Å². The Kier molecular flexibility index (Phi) is 6.23. The zero-order valence-corrected chi connectivity index (χ0v) is 21.4. The fourth-order valence-corrected chi connectivity index (χ4v) is 5.11. The van der Waals surface area contributed by atoms with E-state index in [2.05, 4.69) is 15.7 Å². The lowest BCUT2D eigenvalue weighted by Crippen LogP contribution is -3.00. The number of hydrogen-bond donors (Lipinski definition) is 3. The van der Waals surface area contributed by atoms with Crippen LogP contribution in [0.3, 0.4) is 0 Å². The summed E-state index contributed by atoms with van der Waals surface area (Å²) in [5.74, 6) is -2.99. The second-order valence-electron chi connectivity index (χ2n) is 9.87. The molecule has 1 atom stereocenters. The number of nitrogens with zero attached hydrogens (tertiary/aromatic N) is 1. The van der Waals surface area contributed by atoms with Crippen molar-refractivity contribution in [2.45, 2.75) is 18.4 Å². The van der Waals surface area contributed by atoms with E-state index in [9.17, 15) is 18.4 Å². The van der Waals surface area contributed by atoms with Crippen molar-refractivity contribution in [2.24, 2.45) is 5.10 Å². The Labute approximate surface area is 228 Å². The Morgan fingerprint density at radius 1 is 0.875 bits per heavy atom. The van der Waals surface area contributed by atoms with Gasteiger partial charge in [-0.05, 0) is 66.4 Å². The fraction of sp³-hybridized carbons (Fsp3) is 0.129. The summed E-state index contributed by atoms with van der Waals surface area (Å²) in [6, 6.07) is 18.6. The van der Waals surface area contributed by atoms with Crippen molar-refractivity contribution < 1.29 is 27.8 Å². The average Bonchev–Trinajstić information content (AvgIpc) is 3.64. The smallest absolute Gasteiger partial charge is 0.259 e. The van der Waals surface area contributed by atoms with Crippen molar-refractivity contribution in [3.05, 3.63) is 136 Å². The highest BCUT2D eigenvalue weighted by molar-refractivity contribution is 6.29. The summed E-state index contributed by atoms with van der Waals surface area (Å²) in [7, 11) is 1.41. The van der Waals surface area contributed by atoms with E-state index in [0.717, 1.165) is 30.5 Å². The van der Waals surface area contributed by atoms with Crippen LogP contribution in [-0.4, -0.2) is 24.6 Å². The van der Waals surface area contributed by atoms with Gasteiger partial charge >= 0.3 is 0 Å². The number of rotatable bonds is 6. The monoisotopic (exact) mass is 541 g/mol. The molecule has 3 N–H and O–H groups in total. The molecule has 2 heterocycles. The molecule has 0 radical (unpaired) electrons. The Bertz CT molecular complexity index is 1670. The van der Waals surface area contributed by atoms with Crippen LogP contribution in [0.1, 0.15) is 39.9 Å². The number of fused-ring (bicyclic) bond motifs is 1. The van der Waals surface area contributed by atoms with Crippen molar-refractivity contribution in [1.82, 2.24) is 10.6 Å². The molecular weight excluding hydrogens is 517 g/mol. The zero-order chi connectivity index (χ0) is 28.0. The molecule has 2 amide bonds. The number of hydrogen-bond acceptors (Lipinski definition) is 3. The number of carbonyl (C=O) groups is 2. The van der Waals surface area contributed by atoms with Gasteiger partial charge in [0.15, 0.2) is 5.83 Å². The Balaban J connectivity index is 1.38. The first-order chi connectivity index (χ1) is 19.3. The minimum atomic E-state index is -0.781. The molecule has 9 heteroatoms. The van der Waals surface area contributed by atoms with E-state index in [0.29, 0.717) is 5.56 Å². The van der Waals surface area contributed by atoms with Gasteiger partial charge in [-0.3, -0.25) is 9.59 Å². The van der Waals surface area contributed by atoms with Gasteiger partial charge in [0.1, 0.15) is 29.1 Å². The highest BCUT2D eigenvalue weighted by Crippen LogP contribution is 2.45. The summed E-state index contributed by atoms with van der Waals surface area (Å²) in [6.45, 7) is 0. The van der Waals surface area contributed by atoms with Gasteiger partial charge in [0, 0.05) is 29.8 Å². The quantitative estimate of drug-likeness (QED) is 0.443. The van der Waals surface area contributed by atoms with E-state index in [-0.39, 0.29) is 38.7 Å². The first-order valence-electron chi connectivity index (χ1n) is 12.8. The van der Waals surface area contributed by atoms with Crippen molar-refractivity contribution in [1.29, 1.82) is 0 Å². The predicted molar refractivity (Wildman–Crippen MR) is 143 cm³/mol. The third-order valence-electron chi connectivity index (χ3n) is 7.31. The topological polar surface area (TPSA) is 75.0 Å². The van der Waals surface area contributed by atoms with E-state index >= 15 is 4.39 Å². The van der Waals surface area contributed by atoms with Crippen molar-refractivity contribution >= 4 is 23.1 Å². The number of allylic oxidation sites excluding steroid dienone is 3. The van der Waals surface area contributed by atoms with E-state index in [1.54, 1.807) is 0 Å². The van der Waals surface area contributed by atoms with Crippen LogP contribution in [0.5, 0.6) is 0 Å². The summed E-state index contributed by atoms with van der Waals surface area (Å²) < 4.78 is 44.5. The molecule has 1 saturated carbocycles. The van der Waals surface area contributed by atoms with Crippen molar-refractivity contribution in [2.75, 3.05) is 7.05 Å². The number of carbonyl (C=O) groups excluding carboxylic acids is 2. The van der Waals surface area contributed by atoms with Crippen LogP contribution in [0.2, 0.25) is 0 Å². The van der Waals surface area contributed by atoms with Crippen LogP contribution in [0.15, 0.2) is 107 Å². The van der Waals surface area contributed by atoms with Gasteiger partial charge in [0.05, 0.1) is 5.54 Å². The van der Waals surface area contributed by atoms with Crippen molar-refractivity contribution in [3.8, 4) is 0 Å². The first-order valence-corrected chi connectivity index (χ1v) is 12.8. The van der Waals surface area contributed by atoms with Crippen LogP contribution >= 0.6 is 0 Å². The summed E-state index contributed by atoms with van der Waals surface area (Å²) in [6.07, 6.45) is 4.50. The number of benzene rings is 3. The molecule has 6 nitrogen and oxygen atoms in total. The lowest BCUT2D eigenvalue weighted by molar-refractivity contribution is -0.808. The SMILES string of the molecule is CNC(=O)C1=C2C(F)=C(c3cc(F)cc(C(=O)NC4(c5ccccc5)CC4)c3)C=C[NH+]2N=C1c1ccc(F)cc1. The van der Waals surface area contributed by atoms with Gasteiger partial charge in [-0.25, -0.2) is 8.78 Å². The maximum atomic E-state index is 16.2. The largest absolute Gasteiger partial charge is 0.355 e. The van der Waals surface area contributed by atoms with Crippen molar-refractivity contribution in [3.63, 3.8) is 0 Å². The number of quaternary nitrogens is 1. The zero-order valence-electron chi connectivity index (χ0n) is 21.4. The molecule has 3 aromatic rings. The summed E-state index contributed by atoms with van der Waals surface area (Å²) >= 11 is 0. The molecule has 0 aromatic heterocycles. The Hall–Kier alpha value is -4.76. The number of amides is 2. The summed E-state index contributed by atoms with van der Waals surface area (Å²) in [5.41, 5.74) is 1.23. The highest BCUT2D eigenvalue weighted by Gasteiger charge is 2.46. The van der Waals surface area contributed by atoms with Gasteiger partial charge in [-0.2, -0.15) is 4.39 Å². The van der Waals surface area contributed by atoms with E-state index < -0.39 is 34.8 Å². The number of halogens is 3. The molecule has 0 spiro atoms. The number of likely N-dealkylation sites (N-methyl/N-ethyl adjacent to an activating group) is 1. The van der Waals surface area contributed by atoms with Gasteiger partial charge < -0.3 is 10.6 Å². The summed E-state index contributed by atoms with van der Waals surface area (Å²) in [5, 5.41) is 10.2. The third kappa shape index (κ3) is 4.44. The maximum Gasteiger partial charge on any atom is 0.259 e. The van der Waals surface area contributed by atoms with Gasteiger partial charge in [0.2, 0.25) is 5.70 Å². The molecule has 3 aliphatic rings. The van der Waals surface area contributed by atoms with E-state index in [1.807, 2.05) is 30.3 Å². The summed E-state index contributed by atoms with van der Waals surface area (Å²) in [4.78, 5) is 26.1. The maximum absolute atomic E-state index is 16.2. The number of nitrogens with one attached hydrogen (secondary N) is 3. The third-order valence-corrected chi connectivity index (χ3v) is 7.31. The Morgan fingerprint density at radius 3 is 2.27 bits per heavy atom. The van der Waals surface area contributed by atoms with Crippen LogP contribution in [0, 0.1) is 11.6 Å². The molecule has 0 bridgehead atoms. The Morgan fingerprint density at radius 2 is 1.60 bits per heavy atom.